The van der Waals surface area contributed by atoms with Gasteiger partial charge in [0.2, 0.25) is 5.82 Å². The normalized spacial score (nSPS) is 11.6. The van der Waals surface area contributed by atoms with E-state index >= 15 is 0 Å². The number of nitrogens with zero attached hydrogens (tertiary/aromatic N) is 3. The summed E-state index contributed by atoms with van der Waals surface area (Å²) in [6.07, 6.45) is 0. The first kappa shape index (κ1) is 20.2. The Kier molecular flexibility index (Phi) is 5.17. The molecule has 0 unspecified atom stereocenters. The number of thiophene rings is 1. The van der Waals surface area contributed by atoms with Gasteiger partial charge in [-0.05, 0) is 49.1 Å². The van der Waals surface area contributed by atoms with Gasteiger partial charge in [-0.3, -0.25) is 4.31 Å². The summed E-state index contributed by atoms with van der Waals surface area (Å²) in [4.78, 5) is 4.74. The van der Waals surface area contributed by atoms with E-state index in [0.717, 1.165) is 15.4 Å². The lowest BCUT2D eigenvalue weighted by atomic mass is 10.1. The van der Waals surface area contributed by atoms with Crippen LogP contribution >= 0.6 is 11.3 Å². The third-order valence-corrected chi connectivity index (χ3v) is 7.54. The summed E-state index contributed by atoms with van der Waals surface area (Å²) in [5.41, 5.74) is 2.49. The number of hydrogen-bond donors (Lipinski definition) is 0. The Morgan fingerprint density at radius 2 is 1.90 bits per heavy atom. The maximum absolute atomic E-state index is 14.0. The Labute approximate surface area is 177 Å². The third-order valence-electron chi connectivity index (χ3n) is 4.68. The van der Waals surface area contributed by atoms with Crippen molar-refractivity contribution in [3.05, 3.63) is 70.9 Å². The molecular weight excluding hydrogens is 425 g/mol. The highest BCUT2D eigenvalue weighted by Crippen LogP contribution is 2.35. The van der Waals surface area contributed by atoms with Crippen LogP contribution in [0.4, 0.5) is 10.1 Å². The zero-order valence-corrected chi connectivity index (χ0v) is 18.1. The van der Waals surface area contributed by atoms with Crippen LogP contribution in [0.1, 0.15) is 11.1 Å². The van der Waals surface area contributed by atoms with Gasteiger partial charge < -0.3 is 4.52 Å². The predicted molar refractivity (Wildman–Crippen MR) is 115 cm³/mol. The molecule has 0 fully saturated rings. The number of benzene rings is 2. The Hall–Kier alpha value is -3.04. The molecule has 0 saturated heterocycles. The van der Waals surface area contributed by atoms with Crippen molar-refractivity contribution in [2.24, 2.45) is 0 Å². The highest BCUT2D eigenvalue weighted by molar-refractivity contribution is 7.93. The lowest BCUT2D eigenvalue weighted by Gasteiger charge is -2.19. The van der Waals surface area contributed by atoms with E-state index in [0.29, 0.717) is 16.3 Å². The number of halogens is 1. The minimum Gasteiger partial charge on any atom is -0.333 e. The SMILES string of the molecule is Cc1cccc(-c2noc(-c3sccc3S(=O)(=O)N(C)c3ccc(C)c(F)c3)n2)c1. The summed E-state index contributed by atoms with van der Waals surface area (Å²) in [7, 11) is -2.59. The predicted octanol–water partition coefficient (Wildman–Crippen LogP) is 5.05. The minimum atomic E-state index is -3.97. The summed E-state index contributed by atoms with van der Waals surface area (Å²) < 4.78 is 46.8. The van der Waals surface area contributed by atoms with Crippen molar-refractivity contribution >= 4 is 27.0 Å². The van der Waals surface area contributed by atoms with Crippen LogP contribution in [-0.4, -0.2) is 25.6 Å². The zero-order chi connectivity index (χ0) is 21.5. The number of rotatable bonds is 5. The number of aromatic nitrogens is 2. The standard InChI is InChI=1S/C21H18FN3O3S2/c1-13-5-4-6-15(11-13)20-23-21(28-24-20)19-18(9-10-29-19)30(26,27)25(3)16-8-7-14(2)17(22)12-16/h4-12H,1-3H3. The van der Waals surface area contributed by atoms with Crippen molar-refractivity contribution < 1.29 is 17.3 Å². The van der Waals surface area contributed by atoms with Gasteiger partial charge in [0.05, 0.1) is 5.69 Å². The van der Waals surface area contributed by atoms with E-state index in [-0.39, 0.29) is 16.5 Å². The zero-order valence-electron chi connectivity index (χ0n) is 16.5. The first-order valence-corrected chi connectivity index (χ1v) is 11.3. The van der Waals surface area contributed by atoms with Crippen LogP contribution in [-0.2, 0) is 10.0 Å². The molecule has 0 spiro atoms. The van der Waals surface area contributed by atoms with Crippen LogP contribution in [0.3, 0.4) is 0 Å². The lowest BCUT2D eigenvalue weighted by Crippen LogP contribution is -2.26. The number of aryl methyl sites for hydroxylation is 2. The summed E-state index contributed by atoms with van der Waals surface area (Å²) >= 11 is 1.18. The van der Waals surface area contributed by atoms with E-state index in [1.165, 1.54) is 36.6 Å². The van der Waals surface area contributed by atoms with Crippen molar-refractivity contribution in [2.75, 3.05) is 11.4 Å². The monoisotopic (exact) mass is 443 g/mol. The van der Waals surface area contributed by atoms with E-state index in [4.69, 9.17) is 4.52 Å². The van der Waals surface area contributed by atoms with E-state index < -0.39 is 15.8 Å². The topological polar surface area (TPSA) is 76.3 Å². The van der Waals surface area contributed by atoms with E-state index in [1.807, 2.05) is 31.2 Å². The first-order valence-electron chi connectivity index (χ1n) is 9.01. The Morgan fingerprint density at radius 3 is 2.63 bits per heavy atom. The number of hydrogen-bond acceptors (Lipinski definition) is 6. The maximum Gasteiger partial charge on any atom is 0.269 e. The molecule has 2 aromatic carbocycles. The Bertz CT molecular complexity index is 1330. The Morgan fingerprint density at radius 1 is 1.10 bits per heavy atom. The van der Waals surface area contributed by atoms with Crippen molar-refractivity contribution in [1.29, 1.82) is 0 Å². The van der Waals surface area contributed by atoms with Gasteiger partial charge in [0.1, 0.15) is 15.6 Å². The molecule has 30 heavy (non-hydrogen) atoms. The molecule has 0 aliphatic heterocycles. The average Bonchev–Trinajstić information content (AvgIpc) is 3.39. The van der Waals surface area contributed by atoms with Crippen LogP contribution in [0.2, 0.25) is 0 Å². The highest BCUT2D eigenvalue weighted by atomic mass is 32.2. The van der Waals surface area contributed by atoms with Crippen LogP contribution in [0.15, 0.2) is 63.3 Å². The van der Waals surface area contributed by atoms with Crippen LogP contribution in [0.25, 0.3) is 22.2 Å². The van der Waals surface area contributed by atoms with E-state index in [9.17, 15) is 12.8 Å². The van der Waals surface area contributed by atoms with Gasteiger partial charge in [-0.15, -0.1) is 11.3 Å². The van der Waals surface area contributed by atoms with Crippen LogP contribution in [0.5, 0.6) is 0 Å². The molecule has 2 aromatic heterocycles. The molecule has 0 bridgehead atoms. The summed E-state index contributed by atoms with van der Waals surface area (Å²) in [6, 6.07) is 13.4. The molecule has 0 saturated carbocycles. The van der Waals surface area contributed by atoms with Crippen molar-refractivity contribution in [3.8, 4) is 22.2 Å². The molecule has 4 aromatic rings. The van der Waals surface area contributed by atoms with E-state index in [1.54, 1.807) is 18.4 Å². The fourth-order valence-electron chi connectivity index (χ4n) is 2.94. The lowest BCUT2D eigenvalue weighted by molar-refractivity contribution is 0.432. The summed E-state index contributed by atoms with van der Waals surface area (Å²) in [5, 5.41) is 5.63. The Balaban J connectivity index is 1.71. The molecule has 0 aliphatic rings. The fraction of sp³-hybridized carbons (Fsp3) is 0.143. The highest BCUT2D eigenvalue weighted by Gasteiger charge is 2.29. The quantitative estimate of drug-likeness (QED) is 0.432. The maximum atomic E-state index is 14.0. The van der Waals surface area contributed by atoms with Crippen molar-refractivity contribution in [2.45, 2.75) is 18.7 Å². The molecule has 154 valence electrons. The molecule has 4 rings (SSSR count). The second-order valence-electron chi connectivity index (χ2n) is 6.81. The molecule has 0 aliphatic carbocycles. The minimum absolute atomic E-state index is 0.0235. The number of anilines is 1. The van der Waals surface area contributed by atoms with Gasteiger partial charge in [0, 0.05) is 12.6 Å². The summed E-state index contributed by atoms with van der Waals surface area (Å²) in [6.45, 7) is 3.57. The molecule has 0 atom stereocenters. The molecule has 0 N–H and O–H groups in total. The van der Waals surface area contributed by atoms with Crippen LogP contribution in [0, 0.1) is 19.7 Å². The molecule has 0 amide bonds. The smallest absolute Gasteiger partial charge is 0.269 e. The van der Waals surface area contributed by atoms with Crippen LogP contribution < -0.4 is 4.31 Å². The molecule has 6 nitrogen and oxygen atoms in total. The van der Waals surface area contributed by atoms with Gasteiger partial charge >= 0.3 is 0 Å². The average molecular weight is 444 g/mol. The number of sulfonamides is 1. The van der Waals surface area contributed by atoms with Crippen molar-refractivity contribution in [3.63, 3.8) is 0 Å². The molecule has 9 heteroatoms. The van der Waals surface area contributed by atoms with Gasteiger partial charge in [0.25, 0.3) is 15.9 Å². The third kappa shape index (κ3) is 3.61. The van der Waals surface area contributed by atoms with Gasteiger partial charge in [-0.25, -0.2) is 12.8 Å². The largest absolute Gasteiger partial charge is 0.333 e. The van der Waals surface area contributed by atoms with Gasteiger partial charge in [-0.1, -0.05) is 35.0 Å². The molecule has 2 heterocycles. The van der Waals surface area contributed by atoms with Gasteiger partial charge in [0.15, 0.2) is 0 Å². The van der Waals surface area contributed by atoms with Crippen molar-refractivity contribution in [1.82, 2.24) is 10.1 Å². The second kappa shape index (κ2) is 7.66. The van der Waals surface area contributed by atoms with Gasteiger partial charge in [-0.2, -0.15) is 4.98 Å². The first-order chi connectivity index (χ1) is 14.3. The molecule has 0 radical (unpaired) electrons. The molecular formula is C21H18FN3O3S2. The fourth-order valence-corrected chi connectivity index (χ4v) is 5.44. The van der Waals surface area contributed by atoms with E-state index in [2.05, 4.69) is 10.1 Å². The second-order valence-corrected chi connectivity index (χ2v) is 9.67. The summed E-state index contributed by atoms with van der Waals surface area (Å²) in [5.74, 6) is 0.0164.